The van der Waals surface area contributed by atoms with Gasteiger partial charge in [-0.3, -0.25) is 9.78 Å². The molecule has 0 bridgehead atoms. The molecule has 2 aromatic heterocycles. The molecule has 2 heterocycles. The first-order chi connectivity index (χ1) is 12.1. The zero-order chi connectivity index (χ0) is 17.8. The van der Waals surface area contributed by atoms with E-state index in [4.69, 9.17) is 11.6 Å². The summed E-state index contributed by atoms with van der Waals surface area (Å²) < 4.78 is 14.5. The highest BCUT2D eigenvalue weighted by Gasteiger charge is 2.13. The van der Waals surface area contributed by atoms with E-state index in [0.29, 0.717) is 27.7 Å². The van der Waals surface area contributed by atoms with Crippen molar-refractivity contribution in [3.63, 3.8) is 0 Å². The van der Waals surface area contributed by atoms with Gasteiger partial charge in [-0.15, -0.1) is 0 Å². The second-order valence-corrected chi connectivity index (χ2v) is 5.48. The Morgan fingerprint density at radius 1 is 1.32 bits per heavy atom. The number of rotatable bonds is 4. The fourth-order valence-electron chi connectivity index (χ4n) is 2.13. The minimum atomic E-state index is -0.385. The summed E-state index contributed by atoms with van der Waals surface area (Å²) in [5, 5.41) is 8.53. The molecule has 1 amide bonds. The Hall–Kier alpha value is -3.06. The van der Waals surface area contributed by atoms with Crippen LogP contribution in [-0.2, 0) is 0 Å². The molecule has 0 aliphatic rings. The lowest BCUT2D eigenvalue weighted by Crippen LogP contribution is -2.17. The highest BCUT2D eigenvalue weighted by atomic mass is 35.5. The molecule has 25 heavy (non-hydrogen) atoms. The number of nitrogens with one attached hydrogen (secondary N) is 1. The van der Waals surface area contributed by atoms with Gasteiger partial charge in [0, 0.05) is 12.4 Å². The Morgan fingerprint density at radius 2 is 2.08 bits per heavy atom. The van der Waals surface area contributed by atoms with E-state index in [1.165, 1.54) is 29.2 Å². The lowest BCUT2D eigenvalue weighted by Gasteiger charge is -2.02. The summed E-state index contributed by atoms with van der Waals surface area (Å²) in [5.41, 5.74) is 4.59. The maximum Gasteiger partial charge on any atom is 0.272 e. The average molecular weight is 358 g/mol. The minimum Gasteiger partial charge on any atom is -0.267 e. The van der Waals surface area contributed by atoms with Crippen LogP contribution in [0.2, 0.25) is 5.15 Å². The zero-order valence-electron chi connectivity index (χ0n) is 13.1. The van der Waals surface area contributed by atoms with Gasteiger partial charge in [0.25, 0.3) is 5.91 Å². The van der Waals surface area contributed by atoms with Crippen molar-refractivity contribution < 1.29 is 9.18 Å². The van der Waals surface area contributed by atoms with Crippen molar-refractivity contribution in [2.75, 3.05) is 0 Å². The topological polar surface area (TPSA) is 72.2 Å². The number of carbonyl (C=O) groups excluding carboxylic acids is 1. The van der Waals surface area contributed by atoms with Crippen LogP contribution in [-0.4, -0.2) is 26.9 Å². The number of hydrogen-bond donors (Lipinski definition) is 1. The number of amides is 1. The Morgan fingerprint density at radius 3 is 2.76 bits per heavy atom. The van der Waals surface area contributed by atoms with Gasteiger partial charge in [-0.05, 0) is 43.3 Å². The largest absolute Gasteiger partial charge is 0.272 e. The van der Waals surface area contributed by atoms with Crippen molar-refractivity contribution in [3.8, 4) is 5.69 Å². The Bertz CT molecular complexity index is 922. The van der Waals surface area contributed by atoms with Gasteiger partial charge in [0.2, 0.25) is 0 Å². The third kappa shape index (κ3) is 3.72. The van der Waals surface area contributed by atoms with E-state index >= 15 is 0 Å². The van der Waals surface area contributed by atoms with Crippen LogP contribution in [0.3, 0.4) is 0 Å². The number of nitrogens with zero attached hydrogens (tertiary/aromatic N) is 4. The summed E-state index contributed by atoms with van der Waals surface area (Å²) in [6.07, 6.45) is 4.43. The van der Waals surface area contributed by atoms with Gasteiger partial charge in [0.1, 0.15) is 11.0 Å². The van der Waals surface area contributed by atoms with Gasteiger partial charge in [0.15, 0.2) is 0 Å². The molecule has 6 nitrogen and oxygen atoms in total. The summed E-state index contributed by atoms with van der Waals surface area (Å²) in [6.45, 7) is 1.76. The minimum absolute atomic E-state index is 0.309. The number of halogens is 2. The number of aryl methyl sites for hydroxylation is 1. The van der Waals surface area contributed by atoms with Gasteiger partial charge in [-0.2, -0.15) is 10.2 Å². The second-order valence-electron chi connectivity index (χ2n) is 5.12. The van der Waals surface area contributed by atoms with E-state index in [2.05, 4.69) is 20.6 Å². The highest BCUT2D eigenvalue weighted by Crippen LogP contribution is 2.22. The smallest absolute Gasteiger partial charge is 0.267 e. The molecular formula is C17H13ClFN5O. The number of hydrazone groups is 1. The van der Waals surface area contributed by atoms with E-state index in [0.717, 1.165) is 0 Å². The Labute approximate surface area is 148 Å². The number of carbonyl (C=O) groups is 1. The first kappa shape index (κ1) is 16.8. The summed E-state index contributed by atoms with van der Waals surface area (Å²) in [7, 11) is 0. The molecule has 0 saturated carbocycles. The van der Waals surface area contributed by atoms with Crippen molar-refractivity contribution in [2.24, 2.45) is 5.10 Å². The van der Waals surface area contributed by atoms with Crippen molar-refractivity contribution in [2.45, 2.75) is 6.92 Å². The van der Waals surface area contributed by atoms with Gasteiger partial charge in [-0.1, -0.05) is 11.6 Å². The molecule has 0 spiro atoms. The zero-order valence-corrected chi connectivity index (χ0v) is 13.9. The molecule has 1 N–H and O–H groups in total. The summed E-state index contributed by atoms with van der Waals surface area (Å²) in [5.74, 6) is -0.729. The van der Waals surface area contributed by atoms with Crippen LogP contribution < -0.4 is 5.43 Å². The number of pyridine rings is 1. The second kappa shape index (κ2) is 7.23. The molecule has 8 heteroatoms. The fourth-order valence-corrected chi connectivity index (χ4v) is 2.45. The van der Waals surface area contributed by atoms with Crippen LogP contribution in [0.1, 0.15) is 21.6 Å². The van der Waals surface area contributed by atoms with Gasteiger partial charge >= 0.3 is 0 Å². The van der Waals surface area contributed by atoms with Crippen molar-refractivity contribution >= 4 is 23.7 Å². The molecule has 0 saturated heterocycles. The van der Waals surface area contributed by atoms with Crippen LogP contribution >= 0.6 is 11.6 Å². The van der Waals surface area contributed by atoms with E-state index in [1.807, 2.05) is 0 Å². The lowest BCUT2D eigenvalue weighted by atomic mass is 10.3. The SMILES string of the molecule is Cc1nn(-c2ccc(F)cc2)c(Cl)c1/C=N\NC(=O)c1cccnc1. The first-order valence-electron chi connectivity index (χ1n) is 7.31. The lowest BCUT2D eigenvalue weighted by molar-refractivity contribution is 0.0955. The van der Waals surface area contributed by atoms with E-state index in [9.17, 15) is 9.18 Å². The monoisotopic (exact) mass is 357 g/mol. The van der Waals surface area contributed by atoms with Crippen molar-refractivity contribution in [3.05, 3.63) is 76.6 Å². The number of hydrogen-bond acceptors (Lipinski definition) is 4. The van der Waals surface area contributed by atoms with Gasteiger partial charge in [0.05, 0.1) is 28.7 Å². The molecule has 0 radical (unpaired) electrons. The molecule has 0 unspecified atom stereocenters. The average Bonchev–Trinajstić information content (AvgIpc) is 2.91. The van der Waals surface area contributed by atoms with Crippen LogP contribution in [0.25, 0.3) is 5.69 Å². The maximum atomic E-state index is 13.0. The number of aromatic nitrogens is 3. The fraction of sp³-hybridized carbons (Fsp3) is 0.0588. The van der Waals surface area contributed by atoms with Crippen LogP contribution in [0, 0.1) is 12.7 Å². The Balaban J connectivity index is 1.79. The molecule has 3 rings (SSSR count). The summed E-state index contributed by atoms with van der Waals surface area (Å²) in [4.78, 5) is 15.8. The molecule has 0 aliphatic heterocycles. The standard InChI is InChI=1S/C17H13ClFN5O/c1-11-15(10-21-22-17(25)12-3-2-8-20-9-12)16(18)24(23-11)14-6-4-13(19)5-7-14/h2-10H,1H3,(H,22,25)/b21-10-. The molecule has 126 valence electrons. The van der Waals surface area contributed by atoms with Crippen LogP contribution in [0.4, 0.5) is 4.39 Å². The predicted octanol–water partition coefficient (Wildman–Crippen LogP) is 3.13. The molecule has 0 fully saturated rings. The van der Waals surface area contributed by atoms with Gasteiger partial charge in [-0.25, -0.2) is 14.5 Å². The highest BCUT2D eigenvalue weighted by molar-refractivity contribution is 6.32. The molecule has 0 aliphatic carbocycles. The third-order valence-electron chi connectivity index (χ3n) is 3.40. The quantitative estimate of drug-likeness (QED) is 0.576. The molecule has 0 atom stereocenters. The molecule has 3 aromatic rings. The Kier molecular flexibility index (Phi) is 4.85. The summed E-state index contributed by atoms with van der Waals surface area (Å²) in [6, 6.07) is 9.07. The van der Waals surface area contributed by atoms with Crippen LogP contribution in [0.15, 0.2) is 53.9 Å². The predicted molar refractivity (Wildman–Crippen MR) is 92.6 cm³/mol. The van der Waals surface area contributed by atoms with Crippen molar-refractivity contribution in [1.29, 1.82) is 0 Å². The molecular weight excluding hydrogens is 345 g/mol. The van der Waals surface area contributed by atoms with E-state index in [1.54, 1.807) is 37.4 Å². The van der Waals surface area contributed by atoms with Crippen LogP contribution in [0.5, 0.6) is 0 Å². The van der Waals surface area contributed by atoms with E-state index in [-0.39, 0.29) is 11.7 Å². The normalized spacial score (nSPS) is 11.0. The first-order valence-corrected chi connectivity index (χ1v) is 7.68. The third-order valence-corrected chi connectivity index (χ3v) is 3.77. The molecule has 1 aromatic carbocycles. The van der Waals surface area contributed by atoms with Gasteiger partial charge < -0.3 is 0 Å². The number of benzene rings is 1. The summed E-state index contributed by atoms with van der Waals surface area (Å²) >= 11 is 6.33. The van der Waals surface area contributed by atoms with E-state index < -0.39 is 0 Å². The van der Waals surface area contributed by atoms with Crippen molar-refractivity contribution in [1.82, 2.24) is 20.2 Å². The maximum absolute atomic E-state index is 13.0.